The fourth-order valence-corrected chi connectivity index (χ4v) is 4.30. The van der Waals surface area contributed by atoms with Gasteiger partial charge in [-0.05, 0) is 47.9 Å². The summed E-state index contributed by atoms with van der Waals surface area (Å²) in [6, 6.07) is 16.2. The van der Waals surface area contributed by atoms with Gasteiger partial charge in [-0.2, -0.15) is 0 Å². The molecule has 0 radical (unpaired) electrons. The van der Waals surface area contributed by atoms with Gasteiger partial charge in [0.25, 0.3) is 0 Å². The molecule has 30 heavy (non-hydrogen) atoms. The summed E-state index contributed by atoms with van der Waals surface area (Å²) in [5.41, 5.74) is 1.90. The molecule has 2 aromatic carbocycles. The highest BCUT2D eigenvalue weighted by Gasteiger charge is 2.28. The molecule has 0 aliphatic heterocycles. The third-order valence-electron chi connectivity index (χ3n) is 4.17. The number of allylic oxidation sites excluding steroid dienone is 3. The maximum atomic E-state index is 12.1. The van der Waals surface area contributed by atoms with E-state index in [9.17, 15) is 4.79 Å². The van der Waals surface area contributed by atoms with E-state index in [4.69, 9.17) is 4.74 Å². The topological polar surface area (TPSA) is 35.5 Å². The number of esters is 1. The first-order valence-corrected chi connectivity index (χ1v) is 10.8. The number of benzene rings is 2. The molecule has 0 heterocycles. The molecule has 2 aromatic rings. The second-order valence-corrected chi connectivity index (χ2v) is 8.35. The Morgan fingerprint density at radius 1 is 1.00 bits per heavy atom. The lowest BCUT2D eigenvalue weighted by molar-refractivity contribution is 0.0596. The van der Waals surface area contributed by atoms with Gasteiger partial charge in [-0.3, -0.25) is 0 Å². The molecule has 2 rings (SSSR count). The quantitative estimate of drug-likeness (QED) is 0.206. The Morgan fingerprint density at radius 3 is 2.10 bits per heavy atom. The molecule has 0 bridgehead atoms. The summed E-state index contributed by atoms with van der Waals surface area (Å²) in [4.78, 5) is 14.2. The third kappa shape index (κ3) is 7.45. The van der Waals surface area contributed by atoms with E-state index in [-0.39, 0.29) is 16.9 Å². The highest BCUT2D eigenvalue weighted by atomic mass is 32.2. The van der Waals surface area contributed by atoms with Crippen LogP contribution in [0.5, 0.6) is 0 Å². The van der Waals surface area contributed by atoms with E-state index in [0.29, 0.717) is 17.2 Å². The largest absolute Gasteiger partial charge is 0.497 e. The van der Waals surface area contributed by atoms with Crippen molar-refractivity contribution in [2.24, 2.45) is 0 Å². The van der Waals surface area contributed by atoms with Crippen molar-refractivity contribution in [3.8, 4) is 0 Å². The lowest BCUT2D eigenvalue weighted by atomic mass is 10.0. The normalized spacial score (nSPS) is 11.2. The molecule has 0 fully saturated rings. The molecule has 0 N–H and O–H groups in total. The van der Waals surface area contributed by atoms with Crippen LogP contribution in [0.3, 0.4) is 0 Å². The minimum Gasteiger partial charge on any atom is -0.497 e. The molecule has 0 saturated heterocycles. The maximum absolute atomic E-state index is 12.1. The van der Waals surface area contributed by atoms with Crippen molar-refractivity contribution in [1.29, 1.82) is 0 Å². The summed E-state index contributed by atoms with van der Waals surface area (Å²) in [6.07, 6.45) is 5.23. The Kier molecular flexibility index (Phi) is 11.1. The van der Waals surface area contributed by atoms with Crippen molar-refractivity contribution in [3.05, 3.63) is 109 Å². The van der Waals surface area contributed by atoms with Crippen LogP contribution in [0.2, 0.25) is 0 Å². The van der Waals surface area contributed by atoms with E-state index in [0.717, 1.165) is 9.79 Å². The van der Waals surface area contributed by atoms with Crippen LogP contribution < -0.4 is 0 Å². The fourth-order valence-electron chi connectivity index (χ4n) is 2.43. The molecule has 3 nitrogen and oxygen atoms in total. The Bertz CT molecular complexity index is 879. The first-order valence-electron chi connectivity index (χ1n) is 9.54. The molecule has 158 valence electrons. The van der Waals surface area contributed by atoms with Crippen LogP contribution in [0.4, 0.5) is 0 Å². The summed E-state index contributed by atoms with van der Waals surface area (Å²) < 4.78 is 9.53. The fraction of sp³-hybridized carbons (Fsp3) is 0.192. The minimum absolute atomic E-state index is 0.311. The van der Waals surface area contributed by atoms with E-state index in [1.807, 2.05) is 30.3 Å². The van der Waals surface area contributed by atoms with Crippen molar-refractivity contribution in [1.82, 2.24) is 0 Å². The minimum atomic E-state index is -0.359. The predicted molar refractivity (Wildman–Crippen MR) is 128 cm³/mol. The van der Waals surface area contributed by atoms with Gasteiger partial charge in [-0.25, -0.2) is 4.79 Å². The summed E-state index contributed by atoms with van der Waals surface area (Å²) in [6.45, 7) is 15.0. The Morgan fingerprint density at radius 2 is 1.63 bits per heavy atom. The van der Waals surface area contributed by atoms with Crippen LogP contribution in [0.15, 0.2) is 107 Å². The van der Waals surface area contributed by atoms with Gasteiger partial charge in [-0.15, -0.1) is 0 Å². The number of hydrogen-bond donors (Lipinski definition) is 0. The molecule has 0 spiro atoms. The van der Waals surface area contributed by atoms with Gasteiger partial charge in [-0.1, -0.05) is 63.9 Å². The summed E-state index contributed by atoms with van der Waals surface area (Å²) in [5, 5.41) is 2.08. The van der Waals surface area contributed by atoms with Crippen molar-refractivity contribution in [3.63, 3.8) is 0 Å². The zero-order valence-electron chi connectivity index (χ0n) is 18.3. The van der Waals surface area contributed by atoms with Gasteiger partial charge < -0.3 is 9.47 Å². The maximum Gasteiger partial charge on any atom is 0.343 e. The second kappa shape index (κ2) is 13.3. The smallest absolute Gasteiger partial charge is 0.343 e. The molecule has 1 atom stereocenters. The van der Waals surface area contributed by atoms with Crippen LogP contribution in [-0.4, -0.2) is 20.2 Å². The van der Waals surface area contributed by atoms with Gasteiger partial charge in [0.1, 0.15) is 16.7 Å². The van der Waals surface area contributed by atoms with Crippen molar-refractivity contribution in [2.75, 3.05) is 14.2 Å². The van der Waals surface area contributed by atoms with Crippen LogP contribution >= 0.6 is 0 Å². The number of ether oxygens (including phenoxy) is 2. The van der Waals surface area contributed by atoms with Crippen LogP contribution in [0.1, 0.15) is 35.7 Å². The van der Waals surface area contributed by atoms with Crippen LogP contribution in [0.25, 0.3) is 0 Å². The van der Waals surface area contributed by atoms with Gasteiger partial charge in [0, 0.05) is 0 Å². The standard InChI is InChI=1S/C21H23O2S.C5H8O/c1-5-6-15-24(18-13-11-17(12-14-18)16(2)3)20-10-8-7-9-19(20)21(22)23-4;1-4-5(2)6-3/h5-16H,1H2,2-4H3;4H,1-2H2,3H3/q+1;/b15-6+;. The van der Waals surface area contributed by atoms with Crippen molar-refractivity contribution in [2.45, 2.75) is 29.6 Å². The molecule has 0 aliphatic carbocycles. The number of methoxy groups -OCH3 is 2. The Hall–Kier alpha value is -2.98. The summed E-state index contributed by atoms with van der Waals surface area (Å²) in [7, 11) is 2.61. The first-order chi connectivity index (χ1) is 14.4. The van der Waals surface area contributed by atoms with Crippen LogP contribution in [-0.2, 0) is 20.4 Å². The lowest BCUT2D eigenvalue weighted by Gasteiger charge is -2.09. The van der Waals surface area contributed by atoms with Gasteiger partial charge >= 0.3 is 5.97 Å². The van der Waals surface area contributed by atoms with E-state index in [1.165, 1.54) is 12.7 Å². The lowest BCUT2D eigenvalue weighted by Crippen LogP contribution is -2.10. The predicted octanol–water partition coefficient (Wildman–Crippen LogP) is 6.67. The molecule has 0 amide bonds. The van der Waals surface area contributed by atoms with Gasteiger partial charge in [0.15, 0.2) is 9.79 Å². The zero-order valence-corrected chi connectivity index (χ0v) is 19.1. The van der Waals surface area contributed by atoms with E-state index < -0.39 is 0 Å². The third-order valence-corrected chi connectivity index (χ3v) is 6.21. The highest BCUT2D eigenvalue weighted by Crippen LogP contribution is 2.29. The summed E-state index contributed by atoms with van der Waals surface area (Å²) >= 11 is 0. The molecule has 0 aliphatic rings. The molecule has 0 aromatic heterocycles. The molecular formula is C26H31O3S+. The molecule has 4 heteroatoms. The number of hydrogen-bond acceptors (Lipinski definition) is 3. The Labute approximate surface area is 183 Å². The molecule has 1 unspecified atom stereocenters. The average Bonchev–Trinajstić information content (AvgIpc) is 2.79. The first kappa shape index (κ1) is 25.1. The second-order valence-electron chi connectivity index (χ2n) is 6.49. The summed E-state index contributed by atoms with van der Waals surface area (Å²) in [5.74, 6) is 0.788. The average molecular weight is 424 g/mol. The monoisotopic (exact) mass is 423 g/mol. The number of carbonyl (C=O) groups excluding carboxylic acids is 1. The van der Waals surface area contributed by atoms with E-state index in [2.05, 4.69) is 68.0 Å². The SMILES string of the molecule is C=C/C=C/[S+](c1ccc(C(C)C)cc1)c1ccccc1C(=O)OC.C=CC(=C)OC. The molecular weight excluding hydrogens is 392 g/mol. The van der Waals surface area contributed by atoms with E-state index in [1.54, 1.807) is 19.3 Å². The van der Waals surface area contributed by atoms with Gasteiger partial charge in [0.2, 0.25) is 0 Å². The number of carbonyl (C=O) groups is 1. The van der Waals surface area contributed by atoms with Gasteiger partial charge in [0.05, 0.1) is 25.1 Å². The number of rotatable bonds is 8. The Balaban J connectivity index is 0.000000656. The van der Waals surface area contributed by atoms with E-state index >= 15 is 0 Å². The van der Waals surface area contributed by atoms with Crippen molar-refractivity contribution >= 4 is 16.9 Å². The highest BCUT2D eigenvalue weighted by molar-refractivity contribution is 7.99. The van der Waals surface area contributed by atoms with Crippen LogP contribution in [0, 0.1) is 0 Å². The zero-order chi connectivity index (χ0) is 22.5. The molecule has 0 saturated carbocycles. The van der Waals surface area contributed by atoms with Crippen molar-refractivity contribution < 1.29 is 14.3 Å².